The third kappa shape index (κ3) is 5.07. The maximum atomic E-state index is 13.3. The van der Waals surface area contributed by atoms with E-state index >= 15 is 0 Å². The van der Waals surface area contributed by atoms with E-state index in [1.807, 2.05) is 0 Å². The summed E-state index contributed by atoms with van der Waals surface area (Å²) in [5.74, 6) is -1.44. The number of aromatic nitrogens is 2. The van der Waals surface area contributed by atoms with Crippen LogP contribution in [0.2, 0.25) is 0 Å². The molecule has 0 saturated carbocycles. The first-order valence-corrected chi connectivity index (χ1v) is 11.3. The number of carbonyl (C=O) groups is 3. The van der Waals surface area contributed by atoms with Gasteiger partial charge in [0.1, 0.15) is 5.56 Å². The molecule has 32 heavy (non-hydrogen) atoms. The highest BCUT2D eigenvalue weighted by Gasteiger charge is 2.29. The molecule has 0 spiro atoms. The third-order valence-corrected chi connectivity index (χ3v) is 5.64. The molecule has 0 fully saturated rings. The first kappa shape index (κ1) is 24.9. The number of sulfone groups is 1. The fourth-order valence-corrected chi connectivity index (χ4v) is 3.91. The van der Waals surface area contributed by atoms with Crippen LogP contribution in [0.4, 0.5) is 4.79 Å². The quantitative estimate of drug-likeness (QED) is 0.321. The highest BCUT2D eigenvalue weighted by atomic mass is 32.2. The Hall–Kier alpha value is -3.41. The first-order valence-electron chi connectivity index (χ1n) is 9.39. The number of benzene rings is 1. The Labute approximate surface area is 185 Å². The monoisotopic (exact) mass is 468 g/mol. The number of hydrogen-bond donors (Lipinski definition) is 0. The summed E-state index contributed by atoms with van der Waals surface area (Å²) < 4.78 is 45.3. The van der Waals surface area contributed by atoms with Gasteiger partial charge in [-0.05, 0) is 31.5 Å². The summed E-state index contributed by atoms with van der Waals surface area (Å²) in [6.07, 6.45) is 0.154. The molecule has 1 aromatic heterocycles. The van der Waals surface area contributed by atoms with Crippen LogP contribution in [0.15, 0.2) is 23.2 Å². The van der Waals surface area contributed by atoms with Gasteiger partial charge in [-0.1, -0.05) is 0 Å². The van der Waals surface area contributed by atoms with Gasteiger partial charge < -0.3 is 18.9 Å². The second kappa shape index (κ2) is 9.81. The van der Waals surface area contributed by atoms with Crippen LogP contribution in [0.3, 0.4) is 0 Å². The van der Waals surface area contributed by atoms with Crippen molar-refractivity contribution in [1.29, 1.82) is 0 Å². The van der Waals surface area contributed by atoms with Crippen molar-refractivity contribution in [2.45, 2.75) is 38.5 Å². The average molecular weight is 468 g/mol. The lowest BCUT2D eigenvalue weighted by Crippen LogP contribution is -2.23. The fourth-order valence-electron chi connectivity index (χ4n) is 2.99. The summed E-state index contributed by atoms with van der Waals surface area (Å²) in [5.41, 5.74) is -0.0227. The fraction of sp³-hybridized carbons (Fsp3) is 0.400. The average Bonchev–Trinajstić information content (AvgIpc) is 3.13. The molecule has 2 rings (SSSR count). The van der Waals surface area contributed by atoms with E-state index in [9.17, 15) is 22.8 Å². The van der Waals surface area contributed by atoms with Crippen LogP contribution in [0.25, 0.3) is 0 Å². The van der Waals surface area contributed by atoms with Crippen molar-refractivity contribution in [2.24, 2.45) is 0 Å². The largest absolute Gasteiger partial charge is 0.511 e. The van der Waals surface area contributed by atoms with Crippen LogP contribution in [-0.2, 0) is 30.6 Å². The number of methoxy groups -OCH3 is 2. The molecule has 11 nitrogen and oxygen atoms in total. The lowest BCUT2D eigenvalue weighted by molar-refractivity contribution is -0.0513. The van der Waals surface area contributed by atoms with Crippen LogP contribution in [-0.4, -0.2) is 62.9 Å². The number of aryl methyl sites for hydroxylation is 1. The molecule has 1 aromatic carbocycles. The summed E-state index contributed by atoms with van der Waals surface area (Å²) >= 11 is 0. The van der Waals surface area contributed by atoms with E-state index < -0.39 is 34.0 Å². The van der Waals surface area contributed by atoms with Crippen LogP contribution < -0.4 is 4.74 Å². The van der Waals surface area contributed by atoms with E-state index in [0.717, 1.165) is 20.5 Å². The van der Waals surface area contributed by atoms with Gasteiger partial charge in [-0.3, -0.25) is 4.79 Å². The number of esters is 1. The molecule has 1 atom stereocenters. The van der Waals surface area contributed by atoms with E-state index in [1.54, 1.807) is 6.92 Å². The topological polar surface area (TPSA) is 140 Å². The molecule has 2 aromatic rings. The number of carbonyl (C=O) groups excluding carboxylic acids is 3. The van der Waals surface area contributed by atoms with Crippen molar-refractivity contribution in [3.8, 4) is 5.88 Å². The Balaban J connectivity index is 2.58. The van der Waals surface area contributed by atoms with Gasteiger partial charge >= 0.3 is 12.1 Å². The number of ketones is 1. The van der Waals surface area contributed by atoms with Crippen molar-refractivity contribution in [2.75, 3.05) is 20.5 Å². The van der Waals surface area contributed by atoms with E-state index in [-0.39, 0.29) is 33.0 Å². The normalized spacial score (nSPS) is 12.1. The van der Waals surface area contributed by atoms with Gasteiger partial charge in [0.25, 0.3) is 0 Å². The highest BCUT2D eigenvalue weighted by Crippen LogP contribution is 2.29. The molecule has 0 radical (unpaired) electrons. The minimum absolute atomic E-state index is 0.0261. The van der Waals surface area contributed by atoms with E-state index in [2.05, 4.69) is 9.84 Å². The number of nitrogens with zero attached hydrogens (tertiary/aromatic N) is 2. The van der Waals surface area contributed by atoms with Crippen LogP contribution in [0, 0.1) is 6.92 Å². The van der Waals surface area contributed by atoms with E-state index in [1.165, 1.54) is 36.9 Å². The Morgan fingerprint density at radius 3 is 2.31 bits per heavy atom. The number of ether oxygens (including phenoxy) is 4. The molecule has 0 aliphatic heterocycles. The lowest BCUT2D eigenvalue weighted by atomic mass is 9.96. The van der Waals surface area contributed by atoms with Gasteiger partial charge in [0, 0.05) is 25.3 Å². The van der Waals surface area contributed by atoms with Crippen molar-refractivity contribution in [3.63, 3.8) is 0 Å². The molecule has 0 bridgehead atoms. The molecular formula is C20H24N2O9S. The summed E-state index contributed by atoms with van der Waals surface area (Å²) in [5, 5.41) is 4.11. The maximum Gasteiger partial charge on any atom is 0.511 e. The van der Waals surface area contributed by atoms with Crippen LogP contribution in [0.5, 0.6) is 5.88 Å². The van der Waals surface area contributed by atoms with Crippen molar-refractivity contribution in [3.05, 3.63) is 40.6 Å². The number of rotatable bonds is 8. The third-order valence-electron chi connectivity index (χ3n) is 4.50. The van der Waals surface area contributed by atoms with Gasteiger partial charge in [-0.25, -0.2) is 22.7 Å². The first-order chi connectivity index (χ1) is 15.0. The summed E-state index contributed by atoms with van der Waals surface area (Å²) in [6, 6.07) is 2.48. The molecule has 12 heteroatoms. The summed E-state index contributed by atoms with van der Waals surface area (Å²) in [6.45, 7) is 4.98. The second-order valence-corrected chi connectivity index (χ2v) is 8.62. The molecule has 1 heterocycles. The molecule has 0 aliphatic rings. The Bertz CT molecular complexity index is 1150. The number of hydrogen-bond acceptors (Lipinski definition) is 10. The zero-order chi connectivity index (χ0) is 24.2. The maximum absolute atomic E-state index is 13.3. The Kier molecular flexibility index (Phi) is 7.62. The Morgan fingerprint density at radius 1 is 1.12 bits per heavy atom. The molecule has 1 unspecified atom stereocenters. The molecular weight excluding hydrogens is 444 g/mol. The predicted octanol–water partition coefficient (Wildman–Crippen LogP) is 2.14. The van der Waals surface area contributed by atoms with Crippen LogP contribution in [0.1, 0.15) is 45.7 Å². The zero-order valence-corrected chi connectivity index (χ0v) is 19.3. The van der Waals surface area contributed by atoms with Crippen molar-refractivity contribution < 1.29 is 41.7 Å². The predicted molar refractivity (Wildman–Crippen MR) is 111 cm³/mol. The van der Waals surface area contributed by atoms with E-state index in [4.69, 9.17) is 14.2 Å². The van der Waals surface area contributed by atoms with Gasteiger partial charge in [-0.2, -0.15) is 5.10 Å². The van der Waals surface area contributed by atoms with Gasteiger partial charge in [0.05, 0.1) is 30.9 Å². The molecule has 0 aliphatic carbocycles. The smallest absolute Gasteiger partial charge is 0.465 e. The van der Waals surface area contributed by atoms with Gasteiger partial charge in [0.2, 0.25) is 12.2 Å². The SMILES string of the molecule is CCn1ncc(C(=O)c2ccc(S(C)(=O)=O)c(C(=O)OC)c2C)c1OC(C)OC(=O)OC. The molecule has 0 N–H and O–H groups in total. The molecule has 0 amide bonds. The molecule has 174 valence electrons. The summed E-state index contributed by atoms with van der Waals surface area (Å²) in [4.78, 5) is 36.7. The second-order valence-electron chi connectivity index (χ2n) is 6.64. The zero-order valence-electron chi connectivity index (χ0n) is 18.5. The Morgan fingerprint density at radius 2 is 1.78 bits per heavy atom. The van der Waals surface area contributed by atoms with E-state index in [0.29, 0.717) is 6.54 Å². The standard InChI is InChI=1S/C20H24N2O9S/c1-7-22-18(30-12(3)31-20(25)29-5)14(10-21-22)17(23)13-8-9-15(32(6,26)27)16(11(13)2)19(24)28-4/h8-10,12H,7H2,1-6H3. The van der Waals surface area contributed by atoms with Crippen molar-refractivity contribution in [1.82, 2.24) is 9.78 Å². The minimum atomic E-state index is -3.77. The lowest BCUT2D eigenvalue weighted by Gasteiger charge is -2.17. The van der Waals surface area contributed by atoms with Crippen LogP contribution >= 0.6 is 0 Å². The highest BCUT2D eigenvalue weighted by molar-refractivity contribution is 7.90. The van der Waals surface area contributed by atoms with Gasteiger partial charge in [0.15, 0.2) is 15.6 Å². The summed E-state index contributed by atoms with van der Waals surface area (Å²) in [7, 11) is -1.52. The minimum Gasteiger partial charge on any atom is -0.465 e. The van der Waals surface area contributed by atoms with Crippen molar-refractivity contribution >= 4 is 27.7 Å². The molecule has 0 saturated heterocycles. The van der Waals surface area contributed by atoms with Gasteiger partial charge in [-0.15, -0.1) is 0 Å².